The molecule has 0 atom stereocenters. The number of benzene rings is 2. The molecule has 31 heavy (non-hydrogen) atoms. The molecule has 0 bridgehead atoms. The monoisotopic (exact) mass is 454 g/mol. The Morgan fingerprint density at radius 2 is 1.13 bits per heavy atom. The molecular weight excluding hydrogens is 436 g/mol. The first-order valence-electron chi connectivity index (χ1n) is 8.70. The number of guanidine groups is 2. The Kier molecular flexibility index (Phi) is 6.80. The van der Waals surface area contributed by atoms with Crippen LogP contribution in [0.3, 0.4) is 0 Å². The van der Waals surface area contributed by atoms with Gasteiger partial charge in [0.1, 0.15) is 22.9 Å². The third kappa shape index (κ3) is 5.35. The lowest BCUT2D eigenvalue weighted by Crippen LogP contribution is -2.22. The summed E-state index contributed by atoms with van der Waals surface area (Å²) >= 11 is 9.55. The molecule has 3 aromatic rings. The van der Waals surface area contributed by atoms with Crippen molar-refractivity contribution in [3.05, 3.63) is 48.5 Å². The van der Waals surface area contributed by atoms with E-state index in [9.17, 15) is 0 Å². The fourth-order valence-corrected chi connectivity index (χ4v) is 2.95. The van der Waals surface area contributed by atoms with Crippen molar-refractivity contribution in [2.45, 2.75) is 0 Å². The van der Waals surface area contributed by atoms with Gasteiger partial charge in [0.2, 0.25) is 0 Å². The number of hydrogen-bond donors (Lipinski definition) is 4. The smallest absolute Gasteiger partial charge is 0.191 e. The number of ether oxygens (including phenoxy) is 2. The number of nitrogens with two attached hydrogens (primary N) is 4. The number of furan rings is 1. The molecular formula is C20H18N6O3S2. The first-order chi connectivity index (χ1) is 14.9. The Hall–Kier alpha value is -3.96. The molecule has 1 heterocycles. The van der Waals surface area contributed by atoms with Crippen molar-refractivity contribution in [2.75, 3.05) is 0 Å². The fourth-order valence-electron chi connectivity index (χ4n) is 2.74. The summed E-state index contributed by atoms with van der Waals surface area (Å²) in [5, 5.41) is 0. The number of aliphatic imine (C=N–C) groups is 2. The highest BCUT2D eigenvalue weighted by molar-refractivity contribution is 7.78. The zero-order chi connectivity index (χ0) is 22.4. The molecule has 0 saturated heterocycles. The van der Waals surface area contributed by atoms with Crippen LogP contribution in [0.1, 0.15) is 0 Å². The molecule has 8 N–H and O–H groups in total. The van der Waals surface area contributed by atoms with Gasteiger partial charge in [0.25, 0.3) is 0 Å². The van der Waals surface area contributed by atoms with Gasteiger partial charge in [-0.15, -0.1) is 0 Å². The SMILES string of the molecule is NC(N)=Nc1ccc(-c2ccc(-c3ccc(N=C(N)N)c(OC=S)c3)o2)cc1OC=S. The average Bonchev–Trinajstić information content (AvgIpc) is 3.20. The number of rotatable bonds is 8. The van der Waals surface area contributed by atoms with Crippen LogP contribution in [0, 0.1) is 0 Å². The van der Waals surface area contributed by atoms with E-state index >= 15 is 0 Å². The lowest BCUT2D eigenvalue weighted by Gasteiger charge is -2.07. The second-order valence-corrected chi connectivity index (χ2v) is 6.42. The Bertz CT molecular complexity index is 1090. The maximum absolute atomic E-state index is 6.01. The zero-order valence-corrected chi connectivity index (χ0v) is 17.7. The summed E-state index contributed by atoms with van der Waals surface area (Å²) in [4.78, 5) is 8.04. The topological polar surface area (TPSA) is 160 Å². The van der Waals surface area contributed by atoms with Gasteiger partial charge in [-0.1, -0.05) is 0 Å². The summed E-state index contributed by atoms with van der Waals surface area (Å²) in [7, 11) is 0. The molecule has 0 aliphatic carbocycles. The van der Waals surface area contributed by atoms with Crippen LogP contribution in [0.15, 0.2) is 62.9 Å². The highest BCUT2D eigenvalue weighted by Gasteiger charge is 2.13. The van der Waals surface area contributed by atoms with Crippen molar-refractivity contribution in [1.29, 1.82) is 0 Å². The molecule has 0 fully saturated rings. The number of hydrogen-bond acceptors (Lipinski definition) is 7. The summed E-state index contributed by atoms with van der Waals surface area (Å²) < 4.78 is 16.7. The second kappa shape index (κ2) is 9.69. The Balaban J connectivity index is 1.98. The third-order valence-corrected chi connectivity index (χ3v) is 4.14. The maximum Gasteiger partial charge on any atom is 0.191 e. The summed E-state index contributed by atoms with van der Waals surface area (Å²) in [6.07, 6.45) is 0. The van der Waals surface area contributed by atoms with Gasteiger partial charge < -0.3 is 36.8 Å². The summed E-state index contributed by atoms with van der Waals surface area (Å²) in [6, 6.07) is 14.0. The van der Waals surface area contributed by atoms with Crippen LogP contribution in [0.25, 0.3) is 22.6 Å². The van der Waals surface area contributed by atoms with Crippen molar-refractivity contribution in [1.82, 2.24) is 0 Å². The molecule has 0 saturated carbocycles. The van der Waals surface area contributed by atoms with Crippen LogP contribution in [0.2, 0.25) is 0 Å². The molecule has 0 amide bonds. The number of nitrogens with zero attached hydrogens (tertiary/aromatic N) is 2. The molecule has 1 aromatic heterocycles. The predicted molar refractivity (Wildman–Crippen MR) is 129 cm³/mol. The molecule has 0 aliphatic heterocycles. The predicted octanol–water partition coefficient (Wildman–Crippen LogP) is 3.10. The van der Waals surface area contributed by atoms with Crippen LogP contribution >= 0.6 is 24.4 Å². The Labute approximate surface area is 188 Å². The highest BCUT2D eigenvalue weighted by Crippen LogP contribution is 2.37. The molecule has 9 nitrogen and oxygen atoms in total. The molecule has 11 heteroatoms. The molecule has 0 radical (unpaired) electrons. The van der Waals surface area contributed by atoms with E-state index in [1.807, 2.05) is 12.1 Å². The quantitative estimate of drug-likeness (QED) is 0.228. The average molecular weight is 455 g/mol. The van der Waals surface area contributed by atoms with E-state index in [1.165, 1.54) is 0 Å². The first kappa shape index (κ1) is 21.7. The van der Waals surface area contributed by atoms with Gasteiger partial charge in [-0.3, -0.25) is 0 Å². The van der Waals surface area contributed by atoms with Crippen LogP contribution in [-0.2, 0) is 0 Å². The maximum atomic E-state index is 6.01. The molecule has 2 aromatic carbocycles. The van der Waals surface area contributed by atoms with E-state index in [0.29, 0.717) is 34.4 Å². The molecule has 158 valence electrons. The zero-order valence-electron chi connectivity index (χ0n) is 16.0. The summed E-state index contributed by atoms with van der Waals surface area (Å²) in [5.41, 5.74) is 26.4. The van der Waals surface area contributed by atoms with E-state index in [1.54, 1.807) is 36.4 Å². The van der Waals surface area contributed by atoms with Crippen LogP contribution in [-0.4, -0.2) is 23.0 Å². The normalized spacial score (nSPS) is 10.1. The fraction of sp³-hybridized carbons (Fsp3) is 0. The lowest BCUT2D eigenvalue weighted by atomic mass is 10.1. The van der Waals surface area contributed by atoms with Crippen molar-refractivity contribution in [3.8, 4) is 34.1 Å². The molecule has 0 aliphatic rings. The Morgan fingerprint density at radius 3 is 1.48 bits per heavy atom. The van der Waals surface area contributed by atoms with Gasteiger partial charge >= 0.3 is 0 Å². The number of thiocarbonyl (C=S) groups is 2. The molecule has 3 rings (SSSR count). The van der Waals surface area contributed by atoms with Gasteiger partial charge in [-0.25, -0.2) is 9.98 Å². The van der Waals surface area contributed by atoms with Crippen LogP contribution in [0.5, 0.6) is 11.5 Å². The lowest BCUT2D eigenvalue weighted by molar-refractivity contribution is 0.580. The van der Waals surface area contributed by atoms with Gasteiger partial charge in [-0.2, -0.15) is 0 Å². The first-order valence-corrected chi connectivity index (χ1v) is 9.64. The van der Waals surface area contributed by atoms with Gasteiger partial charge in [-0.05, 0) is 73.0 Å². The minimum atomic E-state index is -0.0965. The van der Waals surface area contributed by atoms with E-state index in [-0.39, 0.29) is 11.9 Å². The summed E-state index contributed by atoms with van der Waals surface area (Å²) in [6.45, 7) is 0. The summed E-state index contributed by atoms with van der Waals surface area (Å²) in [5.74, 6) is 1.76. The second-order valence-electron chi connectivity index (χ2n) is 6.03. The van der Waals surface area contributed by atoms with Gasteiger partial charge in [0.15, 0.2) is 34.5 Å². The Morgan fingerprint density at radius 1 is 0.710 bits per heavy atom. The van der Waals surface area contributed by atoms with Crippen molar-refractivity contribution >= 4 is 58.8 Å². The standard InChI is InChI=1S/C20H18N6O3S2/c21-19(22)25-13-3-1-11(7-17(13)27-9-30)15-5-6-16(29-15)12-2-4-14(26-20(23)24)18(8-12)28-10-31/h1-10H,(H4,21,22,25)(H4,23,24,26). The minimum absolute atomic E-state index is 0.0965. The molecule has 0 unspecified atom stereocenters. The van der Waals surface area contributed by atoms with Crippen LogP contribution in [0.4, 0.5) is 11.4 Å². The van der Waals surface area contributed by atoms with E-state index in [4.69, 9.17) is 61.3 Å². The van der Waals surface area contributed by atoms with Crippen molar-refractivity contribution in [2.24, 2.45) is 32.9 Å². The highest BCUT2D eigenvalue weighted by atomic mass is 32.1. The third-order valence-electron chi connectivity index (χ3n) is 3.94. The minimum Gasteiger partial charge on any atom is -0.456 e. The van der Waals surface area contributed by atoms with E-state index < -0.39 is 0 Å². The van der Waals surface area contributed by atoms with E-state index in [2.05, 4.69) is 9.98 Å². The van der Waals surface area contributed by atoms with Gasteiger partial charge in [0, 0.05) is 11.1 Å². The largest absolute Gasteiger partial charge is 0.456 e. The van der Waals surface area contributed by atoms with E-state index in [0.717, 1.165) is 22.2 Å². The van der Waals surface area contributed by atoms with Gasteiger partial charge in [0.05, 0.1) is 0 Å². The molecule has 0 spiro atoms. The van der Waals surface area contributed by atoms with Crippen LogP contribution < -0.4 is 32.4 Å². The van der Waals surface area contributed by atoms with Crippen molar-refractivity contribution in [3.63, 3.8) is 0 Å². The van der Waals surface area contributed by atoms with Crippen molar-refractivity contribution < 1.29 is 13.9 Å².